The predicted octanol–water partition coefficient (Wildman–Crippen LogP) is 3.82. The summed E-state index contributed by atoms with van der Waals surface area (Å²) >= 11 is 0. The van der Waals surface area contributed by atoms with Crippen LogP contribution in [0.1, 0.15) is 16.2 Å². The van der Waals surface area contributed by atoms with E-state index in [0.29, 0.717) is 5.69 Å². The summed E-state index contributed by atoms with van der Waals surface area (Å²) < 4.78 is 37.5. The van der Waals surface area contributed by atoms with E-state index in [2.05, 4.69) is 20.7 Å². The maximum atomic E-state index is 12.5. The quantitative estimate of drug-likeness (QED) is 0.670. The highest BCUT2D eigenvalue weighted by atomic mass is 19.4. The van der Waals surface area contributed by atoms with Crippen LogP contribution in [0.2, 0.25) is 0 Å². The molecule has 9 heteroatoms. The first-order chi connectivity index (χ1) is 11.9. The maximum Gasteiger partial charge on any atom is 0.451 e. The number of hydrogen-bond donors (Lipinski definition) is 3. The lowest BCUT2D eigenvalue weighted by molar-refractivity contribution is -0.144. The Balaban J connectivity index is 1.80. The third-order valence-electron chi connectivity index (χ3n) is 3.20. The third kappa shape index (κ3) is 3.94. The highest BCUT2D eigenvalue weighted by molar-refractivity contribution is 6.07. The topological polar surface area (TPSA) is 82.7 Å². The first-order valence-corrected chi connectivity index (χ1v) is 7.15. The molecule has 3 N–H and O–H groups in total. The number of H-pyrrole nitrogens is 1. The molecule has 0 radical (unpaired) electrons. The van der Waals surface area contributed by atoms with Gasteiger partial charge in [-0.05, 0) is 24.3 Å². The molecule has 0 saturated heterocycles. The average Bonchev–Trinajstić information content (AvgIpc) is 3.05. The second kappa shape index (κ2) is 6.63. The van der Waals surface area contributed by atoms with Crippen molar-refractivity contribution in [2.75, 3.05) is 10.6 Å². The highest BCUT2D eigenvalue weighted by Crippen LogP contribution is 2.26. The smallest absolute Gasteiger partial charge is 0.355 e. The van der Waals surface area contributed by atoms with E-state index in [4.69, 9.17) is 0 Å². The Bertz CT molecular complexity index is 877. The van der Waals surface area contributed by atoms with Crippen molar-refractivity contribution in [1.29, 1.82) is 0 Å². The first-order valence-electron chi connectivity index (χ1n) is 7.15. The molecule has 0 unspecified atom stereocenters. The fraction of sp³-hybridized carbons (Fsp3) is 0.0625. The zero-order chi connectivity index (χ0) is 17.9. The number of carbonyl (C=O) groups is 1. The van der Waals surface area contributed by atoms with E-state index < -0.39 is 23.9 Å². The SMILES string of the molecule is O=C(Nc1n[nH]c(C(F)(F)F)n1)c1ccccc1Nc1ccccc1. The van der Waals surface area contributed by atoms with Gasteiger partial charge in [-0.1, -0.05) is 30.3 Å². The number of halogens is 3. The molecular weight excluding hydrogens is 335 g/mol. The van der Waals surface area contributed by atoms with Crippen molar-refractivity contribution in [2.24, 2.45) is 0 Å². The molecule has 0 aliphatic rings. The van der Waals surface area contributed by atoms with Crippen LogP contribution >= 0.6 is 0 Å². The van der Waals surface area contributed by atoms with Crippen LogP contribution in [-0.2, 0) is 6.18 Å². The molecular formula is C16H12F3N5O. The van der Waals surface area contributed by atoms with Crippen molar-refractivity contribution < 1.29 is 18.0 Å². The van der Waals surface area contributed by atoms with Gasteiger partial charge in [-0.25, -0.2) is 0 Å². The van der Waals surface area contributed by atoms with Gasteiger partial charge in [-0.2, -0.15) is 18.2 Å². The molecule has 0 fully saturated rings. The van der Waals surface area contributed by atoms with Gasteiger partial charge in [0.15, 0.2) is 0 Å². The van der Waals surface area contributed by atoms with E-state index in [1.165, 1.54) is 6.07 Å². The molecule has 25 heavy (non-hydrogen) atoms. The Labute approximate surface area is 140 Å². The summed E-state index contributed by atoms with van der Waals surface area (Å²) in [5.74, 6) is -2.36. The second-order valence-corrected chi connectivity index (χ2v) is 5.00. The lowest BCUT2D eigenvalue weighted by atomic mass is 10.1. The van der Waals surface area contributed by atoms with Crippen molar-refractivity contribution in [2.45, 2.75) is 6.18 Å². The van der Waals surface area contributed by atoms with Crippen LogP contribution in [0.3, 0.4) is 0 Å². The standard InChI is InChI=1S/C16H12F3N5O/c17-16(18,19)14-22-15(24-23-14)21-13(25)11-8-4-5-9-12(11)20-10-6-2-1-3-7-10/h1-9,20H,(H2,21,22,23,24,25). The monoisotopic (exact) mass is 347 g/mol. The summed E-state index contributed by atoms with van der Waals surface area (Å²) in [6, 6.07) is 15.7. The normalized spacial score (nSPS) is 11.2. The van der Waals surface area contributed by atoms with Gasteiger partial charge in [-0.3, -0.25) is 15.2 Å². The van der Waals surface area contributed by atoms with Gasteiger partial charge >= 0.3 is 6.18 Å². The number of aromatic nitrogens is 3. The summed E-state index contributed by atoms with van der Waals surface area (Å²) in [5, 5.41) is 10.4. The van der Waals surface area contributed by atoms with Gasteiger partial charge in [0, 0.05) is 5.69 Å². The number of para-hydroxylation sites is 2. The Hall–Kier alpha value is -3.36. The number of rotatable bonds is 4. The van der Waals surface area contributed by atoms with Crippen molar-refractivity contribution in [3.63, 3.8) is 0 Å². The van der Waals surface area contributed by atoms with Crippen LogP contribution in [0.4, 0.5) is 30.5 Å². The minimum absolute atomic E-state index is 0.240. The minimum atomic E-state index is -4.66. The highest BCUT2D eigenvalue weighted by Gasteiger charge is 2.35. The molecule has 0 spiro atoms. The van der Waals surface area contributed by atoms with Crippen molar-refractivity contribution in [3.05, 3.63) is 66.0 Å². The maximum absolute atomic E-state index is 12.5. The van der Waals surface area contributed by atoms with Crippen LogP contribution < -0.4 is 10.6 Å². The number of carbonyl (C=O) groups excluding carboxylic acids is 1. The van der Waals surface area contributed by atoms with E-state index in [-0.39, 0.29) is 5.56 Å². The molecule has 0 bridgehead atoms. The van der Waals surface area contributed by atoms with E-state index in [0.717, 1.165) is 5.69 Å². The van der Waals surface area contributed by atoms with Crippen LogP contribution in [-0.4, -0.2) is 21.1 Å². The molecule has 1 amide bonds. The molecule has 3 aromatic rings. The van der Waals surface area contributed by atoms with Gasteiger partial charge in [0.05, 0.1) is 11.3 Å². The van der Waals surface area contributed by atoms with E-state index in [1.807, 2.05) is 30.3 Å². The molecule has 128 valence electrons. The van der Waals surface area contributed by atoms with Gasteiger partial charge < -0.3 is 5.32 Å². The Morgan fingerprint density at radius 3 is 2.36 bits per heavy atom. The number of amides is 1. The zero-order valence-corrected chi connectivity index (χ0v) is 12.6. The molecule has 3 rings (SSSR count). The van der Waals surface area contributed by atoms with E-state index >= 15 is 0 Å². The number of benzene rings is 2. The number of anilines is 3. The van der Waals surface area contributed by atoms with Crippen molar-refractivity contribution in [3.8, 4) is 0 Å². The average molecular weight is 347 g/mol. The van der Waals surface area contributed by atoms with Gasteiger partial charge in [0.2, 0.25) is 11.8 Å². The molecule has 6 nitrogen and oxygen atoms in total. The summed E-state index contributed by atoms with van der Waals surface area (Å²) in [7, 11) is 0. The third-order valence-corrected chi connectivity index (χ3v) is 3.20. The number of aromatic amines is 1. The zero-order valence-electron chi connectivity index (χ0n) is 12.6. The summed E-state index contributed by atoms with van der Waals surface area (Å²) in [4.78, 5) is 15.6. The summed E-state index contributed by atoms with van der Waals surface area (Å²) in [6.45, 7) is 0. The van der Waals surface area contributed by atoms with Crippen molar-refractivity contribution >= 4 is 23.2 Å². The molecule has 1 aromatic heterocycles. The first kappa shape index (κ1) is 16.5. The Kier molecular flexibility index (Phi) is 4.38. The van der Waals surface area contributed by atoms with Gasteiger partial charge in [0.1, 0.15) is 0 Å². The molecule has 0 saturated carbocycles. The summed E-state index contributed by atoms with van der Waals surface area (Å²) in [6.07, 6.45) is -4.66. The number of hydrogen-bond acceptors (Lipinski definition) is 4. The lowest BCUT2D eigenvalue weighted by Crippen LogP contribution is -2.15. The largest absolute Gasteiger partial charge is 0.451 e. The molecule has 0 atom stereocenters. The van der Waals surface area contributed by atoms with E-state index in [9.17, 15) is 18.0 Å². The minimum Gasteiger partial charge on any atom is -0.355 e. The molecule has 2 aromatic carbocycles. The molecule has 0 aliphatic heterocycles. The Morgan fingerprint density at radius 1 is 1.00 bits per heavy atom. The van der Waals surface area contributed by atoms with Crippen molar-refractivity contribution in [1.82, 2.24) is 15.2 Å². The molecule has 0 aliphatic carbocycles. The fourth-order valence-corrected chi connectivity index (χ4v) is 2.08. The fourth-order valence-electron chi connectivity index (χ4n) is 2.08. The van der Waals surface area contributed by atoms with Crippen LogP contribution in [0.15, 0.2) is 54.6 Å². The van der Waals surface area contributed by atoms with Crippen LogP contribution in [0.25, 0.3) is 0 Å². The van der Waals surface area contributed by atoms with E-state index in [1.54, 1.807) is 23.3 Å². The van der Waals surface area contributed by atoms with Gasteiger partial charge in [0.25, 0.3) is 5.91 Å². The lowest BCUT2D eigenvalue weighted by Gasteiger charge is -2.11. The summed E-state index contributed by atoms with van der Waals surface area (Å²) in [5.41, 5.74) is 1.50. The second-order valence-electron chi connectivity index (χ2n) is 5.00. The predicted molar refractivity (Wildman–Crippen MR) is 85.5 cm³/mol. The van der Waals surface area contributed by atoms with Crippen LogP contribution in [0, 0.1) is 0 Å². The number of alkyl halides is 3. The number of nitrogens with one attached hydrogen (secondary N) is 3. The number of nitrogens with zero attached hydrogens (tertiary/aromatic N) is 2. The van der Waals surface area contributed by atoms with Gasteiger partial charge in [-0.15, -0.1) is 5.10 Å². The molecule has 1 heterocycles. The van der Waals surface area contributed by atoms with Crippen LogP contribution in [0.5, 0.6) is 0 Å². The Morgan fingerprint density at radius 2 is 1.68 bits per heavy atom.